The Kier molecular flexibility index (Phi) is 7.05. The van der Waals surface area contributed by atoms with E-state index in [0.29, 0.717) is 32.9 Å². The van der Waals surface area contributed by atoms with Crippen LogP contribution < -0.4 is 16.8 Å². The molecule has 6 N–H and O–H groups in total. The number of aromatic nitrogens is 4. The summed E-state index contributed by atoms with van der Waals surface area (Å²) in [6, 6.07) is 10.5. The molecule has 0 radical (unpaired) electrons. The van der Waals surface area contributed by atoms with Crippen LogP contribution in [0, 0.1) is 5.92 Å². The van der Waals surface area contributed by atoms with Gasteiger partial charge >= 0.3 is 12.1 Å². The van der Waals surface area contributed by atoms with Gasteiger partial charge in [-0.3, -0.25) is 4.79 Å². The first-order valence-electron chi connectivity index (χ1n) is 12.7. The minimum absolute atomic E-state index is 0.0763. The van der Waals surface area contributed by atoms with Crippen molar-refractivity contribution in [3.63, 3.8) is 0 Å². The van der Waals surface area contributed by atoms with Crippen LogP contribution in [-0.4, -0.2) is 57.9 Å². The van der Waals surface area contributed by atoms with Crippen molar-refractivity contribution in [3.05, 3.63) is 71.8 Å². The van der Waals surface area contributed by atoms with E-state index in [1.54, 1.807) is 43.5 Å². The summed E-state index contributed by atoms with van der Waals surface area (Å²) in [4.78, 5) is 42.6. The van der Waals surface area contributed by atoms with Gasteiger partial charge in [0.1, 0.15) is 11.7 Å². The number of rotatable bonds is 7. The molecule has 13 heteroatoms. The maximum Gasteiger partial charge on any atom is 0.407 e. The molecular formula is C28H29N7O6. The standard InChI is InChI=1S/C28H29N7O6/c1-4-41-26(38)35-27(17-5-7-20-15(9-17)12-31-24(29)33-20)14-28(40-3,22(39-2)11-19(27)23(36)37)18-6-8-21-16(10-18)13-32-25(30)34-21/h5-13,19H,4,14H2,1-3H3,(H,35,38)(H,36,37)(H2,29,31,33)(H2,30,32,34). The molecule has 41 heavy (non-hydrogen) atoms. The molecule has 0 fully saturated rings. The van der Waals surface area contributed by atoms with Crippen molar-refractivity contribution >= 4 is 45.8 Å². The SMILES string of the molecule is CCOC(=O)NC1(c2ccc3nc(N)ncc3c2)CC(OC)(c2ccc3nc(N)ncc3c2)C(OC)=CC1C(=O)O. The molecule has 1 aliphatic rings. The zero-order valence-corrected chi connectivity index (χ0v) is 22.6. The van der Waals surface area contributed by atoms with E-state index in [2.05, 4.69) is 25.3 Å². The van der Waals surface area contributed by atoms with Crippen LogP contribution >= 0.6 is 0 Å². The number of carbonyl (C=O) groups excluding carboxylic acids is 1. The molecule has 2 aromatic carbocycles. The fourth-order valence-electron chi connectivity index (χ4n) is 5.52. The van der Waals surface area contributed by atoms with E-state index in [0.717, 1.165) is 0 Å². The van der Waals surface area contributed by atoms with E-state index in [1.807, 2.05) is 6.07 Å². The van der Waals surface area contributed by atoms with E-state index in [-0.39, 0.29) is 30.7 Å². The number of ether oxygens (including phenoxy) is 3. The summed E-state index contributed by atoms with van der Waals surface area (Å²) in [5, 5.41) is 14.7. The van der Waals surface area contributed by atoms with Crippen LogP contribution in [0.3, 0.4) is 0 Å². The second-order valence-corrected chi connectivity index (χ2v) is 9.58. The summed E-state index contributed by atoms with van der Waals surface area (Å²) in [6.45, 7) is 1.73. The van der Waals surface area contributed by atoms with Crippen LogP contribution in [0.25, 0.3) is 21.8 Å². The predicted octanol–water partition coefficient (Wildman–Crippen LogP) is 2.86. The maximum absolute atomic E-state index is 13.1. The predicted molar refractivity (Wildman–Crippen MR) is 149 cm³/mol. The van der Waals surface area contributed by atoms with Gasteiger partial charge < -0.3 is 36.1 Å². The molecule has 212 valence electrons. The zero-order valence-electron chi connectivity index (χ0n) is 22.6. The van der Waals surface area contributed by atoms with Crippen LogP contribution in [0.4, 0.5) is 16.7 Å². The van der Waals surface area contributed by atoms with E-state index in [4.69, 9.17) is 25.7 Å². The Bertz CT molecular complexity index is 1700. The highest BCUT2D eigenvalue weighted by atomic mass is 16.5. The van der Waals surface area contributed by atoms with Gasteiger partial charge in [0.25, 0.3) is 0 Å². The number of methoxy groups -OCH3 is 2. The lowest BCUT2D eigenvalue weighted by Crippen LogP contribution is -2.59. The molecule has 1 aliphatic carbocycles. The van der Waals surface area contributed by atoms with Gasteiger partial charge in [-0.25, -0.2) is 24.7 Å². The van der Waals surface area contributed by atoms with Crippen LogP contribution in [0.2, 0.25) is 0 Å². The highest BCUT2D eigenvalue weighted by Crippen LogP contribution is 2.52. The first-order valence-corrected chi connectivity index (χ1v) is 12.7. The fraction of sp³-hybridized carbons (Fsp3) is 0.286. The number of alkyl carbamates (subject to hydrolysis) is 1. The Morgan fingerprint density at radius 1 is 1.00 bits per heavy atom. The average molecular weight is 560 g/mol. The minimum atomic E-state index is -1.59. The van der Waals surface area contributed by atoms with Crippen molar-refractivity contribution in [1.82, 2.24) is 25.3 Å². The molecule has 0 saturated carbocycles. The van der Waals surface area contributed by atoms with Gasteiger partial charge in [-0.15, -0.1) is 0 Å². The third-order valence-corrected chi connectivity index (χ3v) is 7.39. The largest absolute Gasteiger partial charge is 0.498 e. The van der Waals surface area contributed by atoms with E-state index < -0.39 is 29.1 Å². The number of hydrogen-bond donors (Lipinski definition) is 4. The van der Waals surface area contributed by atoms with Crippen LogP contribution in [-0.2, 0) is 30.1 Å². The fourth-order valence-corrected chi connectivity index (χ4v) is 5.52. The maximum atomic E-state index is 13.1. The Morgan fingerprint density at radius 3 is 2.12 bits per heavy atom. The number of nitrogens with zero attached hydrogens (tertiary/aromatic N) is 4. The molecule has 0 saturated heterocycles. The molecule has 0 aliphatic heterocycles. The van der Waals surface area contributed by atoms with Crippen LogP contribution in [0.5, 0.6) is 0 Å². The lowest BCUT2D eigenvalue weighted by Gasteiger charge is -2.49. The molecule has 5 rings (SSSR count). The van der Waals surface area contributed by atoms with Gasteiger partial charge in [-0.05, 0) is 48.4 Å². The Hall–Kier alpha value is -5.04. The molecule has 0 spiro atoms. The van der Waals surface area contributed by atoms with Gasteiger partial charge in [-0.2, -0.15) is 0 Å². The number of amides is 1. The van der Waals surface area contributed by atoms with Gasteiger partial charge in [0.15, 0.2) is 5.60 Å². The number of carboxylic acids is 1. The number of carbonyl (C=O) groups is 2. The normalized spacial score (nSPS) is 22.2. The van der Waals surface area contributed by atoms with E-state index >= 15 is 0 Å². The topological polar surface area (TPSA) is 198 Å². The minimum Gasteiger partial charge on any atom is -0.498 e. The average Bonchev–Trinajstić information content (AvgIpc) is 2.96. The van der Waals surface area contributed by atoms with Crippen molar-refractivity contribution in [2.75, 3.05) is 32.3 Å². The summed E-state index contributed by atoms with van der Waals surface area (Å²) in [5.74, 6) is -2.01. The third kappa shape index (κ3) is 4.69. The number of aliphatic carboxylic acids is 1. The molecule has 13 nitrogen and oxygen atoms in total. The number of anilines is 2. The first kappa shape index (κ1) is 27.5. The zero-order chi connectivity index (χ0) is 29.4. The third-order valence-electron chi connectivity index (χ3n) is 7.39. The molecule has 0 bridgehead atoms. The molecule has 2 heterocycles. The molecule has 1 amide bonds. The molecular weight excluding hydrogens is 530 g/mol. The quantitative estimate of drug-likeness (QED) is 0.259. The number of benzene rings is 2. The van der Waals surface area contributed by atoms with Crippen molar-refractivity contribution in [3.8, 4) is 0 Å². The lowest BCUT2D eigenvalue weighted by molar-refractivity contribution is -0.146. The van der Waals surface area contributed by atoms with E-state index in [9.17, 15) is 14.7 Å². The van der Waals surface area contributed by atoms with Gasteiger partial charge in [-0.1, -0.05) is 12.1 Å². The first-order chi connectivity index (χ1) is 19.7. The molecule has 2 aromatic heterocycles. The monoisotopic (exact) mass is 559 g/mol. The smallest absolute Gasteiger partial charge is 0.407 e. The number of carboxylic acid groups (broad SMARTS) is 1. The summed E-state index contributed by atoms with van der Waals surface area (Å²) < 4.78 is 17.2. The van der Waals surface area contributed by atoms with Gasteiger partial charge in [0.2, 0.25) is 11.9 Å². The second kappa shape index (κ2) is 10.5. The number of fused-ring (bicyclic) bond motifs is 2. The summed E-state index contributed by atoms with van der Waals surface area (Å²) in [5.41, 5.74) is 10.8. The number of nitrogens with one attached hydrogen (secondary N) is 1. The second-order valence-electron chi connectivity index (χ2n) is 9.58. The van der Waals surface area contributed by atoms with Crippen molar-refractivity contribution in [1.29, 1.82) is 0 Å². The molecule has 3 atom stereocenters. The number of hydrogen-bond acceptors (Lipinski definition) is 11. The van der Waals surface area contributed by atoms with Crippen LogP contribution in [0.15, 0.2) is 60.6 Å². The van der Waals surface area contributed by atoms with Crippen molar-refractivity contribution in [2.45, 2.75) is 24.5 Å². The van der Waals surface area contributed by atoms with Crippen LogP contribution in [0.1, 0.15) is 24.5 Å². The molecule has 4 aromatic rings. The van der Waals surface area contributed by atoms with Gasteiger partial charge in [0, 0.05) is 36.7 Å². The highest BCUT2D eigenvalue weighted by Gasteiger charge is 2.57. The Morgan fingerprint density at radius 2 is 1.59 bits per heavy atom. The Balaban J connectivity index is 1.79. The van der Waals surface area contributed by atoms with Gasteiger partial charge in [0.05, 0.1) is 30.3 Å². The summed E-state index contributed by atoms with van der Waals surface area (Å²) in [6.07, 6.45) is 3.69. The lowest BCUT2D eigenvalue weighted by atomic mass is 9.64. The number of nitrogen functional groups attached to an aromatic ring is 2. The number of nitrogens with two attached hydrogens (primary N) is 2. The van der Waals surface area contributed by atoms with Crippen molar-refractivity contribution < 1.29 is 28.9 Å². The summed E-state index contributed by atoms with van der Waals surface area (Å²) in [7, 11) is 2.93. The molecule has 3 unspecified atom stereocenters. The Labute approximate surface area is 234 Å². The summed E-state index contributed by atoms with van der Waals surface area (Å²) >= 11 is 0. The van der Waals surface area contributed by atoms with Crippen molar-refractivity contribution in [2.24, 2.45) is 5.92 Å². The van der Waals surface area contributed by atoms with E-state index in [1.165, 1.54) is 26.5 Å². The highest BCUT2D eigenvalue weighted by molar-refractivity contribution is 5.83.